The molecule has 0 heterocycles. The van der Waals surface area contributed by atoms with Crippen molar-refractivity contribution in [2.75, 3.05) is 13.7 Å². The Kier molecular flexibility index (Phi) is 5.29. The molecule has 17 heavy (non-hydrogen) atoms. The zero-order chi connectivity index (χ0) is 12.8. The molecule has 0 aliphatic rings. The zero-order valence-electron chi connectivity index (χ0n) is 10.3. The molecule has 1 aromatic rings. The average molecular weight is 257 g/mol. The van der Waals surface area contributed by atoms with Crippen LogP contribution in [0.1, 0.15) is 30.6 Å². The molecule has 0 N–H and O–H groups in total. The van der Waals surface area contributed by atoms with E-state index in [9.17, 15) is 4.79 Å². The largest absolute Gasteiger partial charge is 0.493 e. The van der Waals surface area contributed by atoms with Crippen molar-refractivity contribution in [1.82, 2.24) is 0 Å². The topological polar surface area (TPSA) is 35.5 Å². The third-order valence-corrected chi connectivity index (χ3v) is 2.82. The fourth-order valence-electron chi connectivity index (χ4n) is 1.33. The van der Waals surface area contributed by atoms with E-state index in [0.29, 0.717) is 34.6 Å². The summed E-state index contributed by atoms with van der Waals surface area (Å²) in [5.74, 6) is 1.38. The van der Waals surface area contributed by atoms with Crippen LogP contribution < -0.4 is 9.47 Å². The van der Waals surface area contributed by atoms with Crippen LogP contribution in [0.5, 0.6) is 11.5 Å². The molecular formula is C13H17ClO3. The first kappa shape index (κ1) is 13.8. The van der Waals surface area contributed by atoms with Gasteiger partial charge in [-0.25, -0.2) is 0 Å². The summed E-state index contributed by atoms with van der Waals surface area (Å²) in [4.78, 5) is 11.0. The fraction of sp³-hybridized carbons (Fsp3) is 0.462. The number of aldehydes is 1. The van der Waals surface area contributed by atoms with E-state index in [1.165, 1.54) is 7.11 Å². The number of carbonyl (C=O) groups excluding carboxylic acids is 1. The van der Waals surface area contributed by atoms with Crippen molar-refractivity contribution in [2.24, 2.45) is 5.92 Å². The second-order valence-corrected chi connectivity index (χ2v) is 4.41. The van der Waals surface area contributed by atoms with Gasteiger partial charge in [-0.3, -0.25) is 4.79 Å². The van der Waals surface area contributed by atoms with Gasteiger partial charge >= 0.3 is 0 Å². The summed E-state index contributed by atoms with van der Waals surface area (Å²) >= 11 is 5.88. The summed E-state index contributed by atoms with van der Waals surface area (Å²) in [5, 5.41) is 0.458. The number of halogens is 1. The Morgan fingerprint density at radius 2 is 2.18 bits per heavy atom. The minimum absolute atomic E-state index is 0.414. The number of carbonyl (C=O) groups is 1. The van der Waals surface area contributed by atoms with Crippen molar-refractivity contribution >= 4 is 17.9 Å². The van der Waals surface area contributed by atoms with Gasteiger partial charge in [-0.15, -0.1) is 0 Å². The van der Waals surface area contributed by atoms with Gasteiger partial charge in [0.05, 0.1) is 19.3 Å². The maximum absolute atomic E-state index is 11.0. The van der Waals surface area contributed by atoms with Crippen molar-refractivity contribution in [3.63, 3.8) is 0 Å². The van der Waals surface area contributed by atoms with Crippen LogP contribution in [-0.2, 0) is 0 Å². The lowest BCUT2D eigenvalue weighted by Crippen LogP contribution is -2.09. The van der Waals surface area contributed by atoms with Crippen molar-refractivity contribution in [3.8, 4) is 11.5 Å². The molecule has 1 rings (SSSR count). The van der Waals surface area contributed by atoms with Crippen LogP contribution in [0.4, 0.5) is 0 Å². The van der Waals surface area contributed by atoms with Crippen molar-refractivity contribution in [2.45, 2.75) is 20.3 Å². The summed E-state index contributed by atoms with van der Waals surface area (Å²) in [6.45, 7) is 4.73. The Hall–Kier alpha value is -1.22. The molecule has 0 amide bonds. The van der Waals surface area contributed by atoms with E-state index in [2.05, 4.69) is 13.8 Å². The number of hydrogen-bond donors (Lipinski definition) is 0. The zero-order valence-corrected chi connectivity index (χ0v) is 11.1. The van der Waals surface area contributed by atoms with E-state index in [1.54, 1.807) is 12.1 Å². The molecule has 0 bridgehead atoms. The molecule has 1 atom stereocenters. The smallest absolute Gasteiger partial charge is 0.171 e. The lowest BCUT2D eigenvalue weighted by Gasteiger charge is -2.15. The third-order valence-electron chi connectivity index (χ3n) is 2.60. The predicted molar refractivity (Wildman–Crippen MR) is 68.3 cm³/mol. The van der Waals surface area contributed by atoms with Crippen LogP contribution in [0.2, 0.25) is 5.02 Å². The Morgan fingerprint density at radius 1 is 1.47 bits per heavy atom. The van der Waals surface area contributed by atoms with Gasteiger partial charge in [0, 0.05) is 11.1 Å². The molecule has 4 heteroatoms. The number of rotatable bonds is 6. The second kappa shape index (κ2) is 6.50. The standard InChI is InChI=1S/C13H17ClO3/c1-4-9(2)8-17-13-10(7-15)5-11(14)6-12(13)16-3/h5-7,9H,4,8H2,1-3H3. The number of hydrogen-bond acceptors (Lipinski definition) is 3. The Balaban J connectivity index is 2.98. The highest BCUT2D eigenvalue weighted by Gasteiger charge is 2.13. The van der Waals surface area contributed by atoms with Crippen molar-refractivity contribution in [3.05, 3.63) is 22.7 Å². The number of ether oxygens (including phenoxy) is 2. The molecule has 0 saturated heterocycles. The van der Waals surface area contributed by atoms with Crippen LogP contribution in [0.3, 0.4) is 0 Å². The van der Waals surface area contributed by atoms with Crippen LogP contribution >= 0.6 is 11.6 Å². The number of methoxy groups -OCH3 is 1. The molecule has 0 aromatic heterocycles. The predicted octanol–water partition coefficient (Wildman–Crippen LogP) is 3.59. The van der Waals surface area contributed by atoms with Gasteiger partial charge in [0.1, 0.15) is 0 Å². The minimum Gasteiger partial charge on any atom is -0.493 e. The van der Waals surface area contributed by atoms with E-state index in [1.807, 2.05) is 0 Å². The van der Waals surface area contributed by atoms with Crippen LogP contribution in [-0.4, -0.2) is 20.0 Å². The molecule has 0 aliphatic carbocycles. The Morgan fingerprint density at radius 3 is 2.71 bits per heavy atom. The van der Waals surface area contributed by atoms with E-state index in [4.69, 9.17) is 21.1 Å². The molecule has 0 fully saturated rings. The Labute approximate surface area is 107 Å². The van der Waals surface area contributed by atoms with Crippen LogP contribution in [0.15, 0.2) is 12.1 Å². The lowest BCUT2D eigenvalue weighted by atomic mass is 10.1. The summed E-state index contributed by atoms with van der Waals surface area (Å²) in [7, 11) is 1.52. The summed E-state index contributed by atoms with van der Waals surface area (Å²) < 4.78 is 10.8. The molecule has 1 unspecified atom stereocenters. The van der Waals surface area contributed by atoms with Gasteiger partial charge in [0.15, 0.2) is 17.8 Å². The molecule has 0 aliphatic heterocycles. The van der Waals surface area contributed by atoms with Gasteiger partial charge in [-0.1, -0.05) is 31.9 Å². The molecule has 1 aromatic carbocycles. The monoisotopic (exact) mass is 256 g/mol. The molecule has 0 spiro atoms. The van der Waals surface area contributed by atoms with Gasteiger partial charge in [-0.05, 0) is 12.0 Å². The van der Waals surface area contributed by atoms with E-state index in [-0.39, 0.29) is 0 Å². The third kappa shape index (κ3) is 3.63. The van der Waals surface area contributed by atoms with Gasteiger partial charge in [0.25, 0.3) is 0 Å². The SMILES string of the molecule is CCC(C)COc1c(C=O)cc(Cl)cc1OC. The highest BCUT2D eigenvalue weighted by Crippen LogP contribution is 2.34. The highest BCUT2D eigenvalue weighted by atomic mass is 35.5. The molecular weight excluding hydrogens is 240 g/mol. The lowest BCUT2D eigenvalue weighted by molar-refractivity contribution is 0.111. The highest BCUT2D eigenvalue weighted by molar-refractivity contribution is 6.31. The summed E-state index contributed by atoms with van der Waals surface area (Å²) in [6, 6.07) is 3.21. The fourth-order valence-corrected chi connectivity index (χ4v) is 1.54. The molecule has 0 saturated carbocycles. The van der Waals surface area contributed by atoms with E-state index >= 15 is 0 Å². The van der Waals surface area contributed by atoms with Crippen LogP contribution in [0.25, 0.3) is 0 Å². The maximum Gasteiger partial charge on any atom is 0.171 e. The summed E-state index contributed by atoms with van der Waals surface area (Å²) in [5.41, 5.74) is 0.414. The first-order valence-electron chi connectivity index (χ1n) is 5.57. The minimum atomic E-state index is 0.414. The normalized spacial score (nSPS) is 12.0. The molecule has 94 valence electrons. The van der Waals surface area contributed by atoms with Crippen molar-refractivity contribution in [1.29, 1.82) is 0 Å². The number of benzene rings is 1. The molecule has 0 radical (unpaired) electrons. The molecule has 3 nitrogen and oxygen atoms in total. The van der Waals surface area contributed by atoms with Crippen LogP contribution in [0, 0.1) is 5.92 Å². The van der Waals surface area contributed by atoms with Gasteiger partial charge in [0.2, 0.25) is 0 Å². The Bertz CT molecular complexity index is 390. The first-order valence-corrected chi connectivity index (χ1v) is 5.95. The van der Waals surface area contributed by atoms with Gasteiger partial charge in [-0.2, -0.15) is 0 Å². The summed E-state index contributed by atoms with van der Waals surface area (Å²) in [6.07, 6.45) is 1.74. The van der Waals surface area contributed by atoms with E-state index < -0.39 is 0 Å². The second-order valence-electron chi connectivity index (χ2n) is 3.97. The van der Waals surface area contributed by atoms with E-state index in [0.717, 1.165) is 12.7 Å². The average Bonchev–Trinajstić information content (AvgIpc) is 2.35. The van der Waals surface area contributed by atoms with Crippen molar-refractivity contribution < 1.29 is 14.3 Å². The van der Waals surface area contributed by atoms with Gasteiger partial charge < -0.3 is 9.47 Å². The quantitative estimate of drug-likeness (QED) is 0.730. The first-order chi connectivity index (χ1) is 8.12. The maximum atomic E-state index is 11.0.